The van der Waals surface area contributed by atoms with Crippen LogP contribution in [0.3, 0.4) is 0 Å². The zero-order chi connectivity index (χ0) is 15.5. The number of para-hydroxylation sites is 1. The second kappa shape index (κ2) is 7.02. The Morgan fingerprint density at radius 3 is 2.77 bits per heavy atom. The Balaban J connectivity index is 1.74. The summed E-state index contributed by atoms with van der Waals surface area (Å²) in [6.07, 6.45) is 0. The molecule has 0 aliphatic rings. The lowest BCUT2D eigenvalue weighted by atomic mass is 10.3. The summed E-state index contributed by atoms with van der Waals surface area (Å²) < 4.78 is 4.52. The standard InChI is InChI=1S/C15H18N4S3/c1-4-19-13(17-18-14(19)21-10(2)3)9-20-15-16-11-7-5-6-8-12(11)22-15/h5-8,10H,4,9H2,1-3H3. The lowest BCUT2D eigenvalue weighted by Crippen LogP contribution is -2.03. The SMILES string of the molecule is CCn1c(CSc2nc3ccccc3s2)nnc1SC(C)C. The van der Waals surface area contributed by atoms with Crippen molar-refractivity contribution in [1.82, 2.24) is 19.7 Å². The van der Waals surface area contributed by atoms with Gasteiger partial charge in [0.05, 0.1) is 16.0 Å². The molecule has 0 amide bonds. The van der Waals surface area contributed by atoms with Crippen molar-refractivity contribution in [2.24, 2.45) is 0 Å². The third-order valence-corrected chi connectivity index (χ3v) is 6.21. The molecule has 1 aromatic carbocycles. The molecule has 0 bridgehead atoms. The van der Waals surface area contributed by atoms with Gasteiger partial charge < -0.3 is 4.57 Å². The van der Waals surface area contributed by atoms with Crippen LogP contribution in [-0.2, 0) is 12.3 Å². The first-order valence-corrected chi connectivity index (χ1v) is 9.92. The average Bonchev–Trinajstić information content (AvgIpc) is 3.07. The van der Waals surface area contributed by atoms with Crippen LogP contribution in [0, 0.1) is 0 Å². The minimum atomic E-state index is 0.513. The van der Waals surface area contributed by atoms with E-state index in [0.717, 1.165) is 33.1 Å². The third-order valence-electron chi connectivity index (χ3n) is 3.05. The molecule has 2 heterocycles. The molecule has 116 valence electrons. The van der Waals surface area contributed by atoms with E-state index < -0.39 is 0 Å². The van der Waals surface area contributed by atoms with Gasteiger partial charge in [-0.25, -0.2) is 4.98 Å². The van der Waals surface area contributed by atoms with E-state index in [-0.39, 0.29) is 0 Å². The molecular weight excluding hydrogens is 332 g/mol. The van der Waals surface area contributed by atoms with Crippen LogP contribution in [0.5, 0.6) is 0 Å². The van der Waals surface area contributed by atoms with Crippen LogP contribution in [0.1, 0.15) is 26.6 Å². The first-order valence-electron chi connectivity index (χ1n) is 7.24. The van der Waals surface area contributed by atoms with Gasteiger partial charge in [-0.05, 0) is 19.1 Å². The van der Waals surface area contributed by atoms with Crippen molar-refractivity contribution < 1.29 is 0 Å². The van der Waals surface area contributed by atoms with Gasteiger partial charge in [0.2, 0.25) is 0 Å². The fourth-order valence-electron chi connectivity index (χ4n) is 2.08. The summed E-state index contributed by atoms with van der Waals surface area (Å²) in [7, 11) is 0. The Morgan fingerprint density at radius 1 is 1.23 bits per heavy atom. The van der Waals surface area contributed by atoms with Gasteiger partial charge in [-0.15, -0.1) is 21.5 Å². The topological polar surface area (TPSA) is 43.6 Å². The molecule has 0 aliphatic carbocycles. The lowest BCUT2D eigenvalue weighted by molar-refractivity contribution is 0.658. The largest absolute Gasteiger partial charge is 0.306 e. The van der Waals surface area contributed by atoms with Gasteiger partial charge in [-0.2, -0.15) is 0 Å². The van der Waals surface area contributed by atoms with Gasteiger partial charge in [0, 0.05) is 11.8 Å². The highest BCUT2D eigenvalue weighted by Gasteiger charge is 2.14. The normalized spacial score (nSPS) is 11.6. The summed E-state index contributed by atoms with van der Waals surface area (Å²) in [4.78, 5) is 4.66. The maximum Gasteiger partial charge on any atom is 0.191 e. The molecule has 0 N–H and O–H groups in total. The summed E-state index contributed by atoms with van der Waals surface area (Å²) in [5.41, 5.74) is 1.07. The zero-order valence-electron chi connectivity index (χ0n) is 12.8. The Bertz CT molecular complexity index is 730. The van der Waals surface area contributed by atoms with Gasteiger partial charge in [-0.1, -0.05) is 49.5 Å². The monoisotopic (exact) mass is 350 g/mol. The van der Waals surface area contributed by atoms with Crippen molar-refractivity contribution >= 4 is 45.1 Å². The molecule has 22 heavy (non-hydrogen) atoms. The minimum Gasteiger partial charge on any atom is -0.306 e. The van der Waals surface area contributed by atoms with Crippen LogP contribution in [-0.4, -0.2) is 25.0 Å². The number of thiazole rings is 1. The molecule has 0 radical (unpaired) electrons. The molecule has 0 saturated carbocycles. The first kappa shape index (κ1) is 15.8. The van der Waals surface area contributed by atoms with Crippen molar-refractivity contribution in [3.8, 4) is 0 Å². The predicted octanol–water partition coefficient (Wildman–Crippen LogP) is 4.70. The second-order valence-electron chi connectivity index (χ2n) is 5.05. The summed E-state index contributed by atoms with van der Waals surface area (Å²) >= 11 is 5.24. The van der Waals surface area contributed by atoms with E-state index in [9.17, 15) is 0 Å². The molecule has 0 atom stereocenters. The van der Waals surface area contributed by atoms with Gasteiger partial charge in [0.15, 0.2) is 9.50 Å². The fraction of sp³-hybridized carbons (Fsp3) is 0.400. The second-order valence-corrected chi connectivity index (χ2v) is 8.84. The Morgan fingerprint density at radius 2 is 2.05 bits per heavy atom. The number of fused-ring (bicyclic) bond motifs is 1. The van der Waals surface area contributed by atoms with E-state index in [1.54, 1.807) is 34.9 Å². The van der Waals surface area contributed by atoms with E-state index in [2.05, 4.69) is 58.7 Å². The highest BCUT2D eigenvalue weighted by molar-refractivity contribution is 8.00. The fourth-order valence-corrected chi connectivity index (χ4v) is 4.96. The van der Waals surface area contributed by atoms with Gasteiger partial charge in [0.25, 0.3) is 0 Å². The molecule has 7 heteroatoms. The number of hydrogen-bond donors (Lipinski definition) is 0. The molecule has 3 aromatic rings. The minimum absolute atomic E-state index is 0.513. The van der Waals surface area contributed by atoms with E-state index in [4.69, 9.17) is 0 Å². The Labute approximate surface area is 142 Å². The van der Waals surface area contributed by atoms with E-state index in [0.29, 0.717) is 5.25 Å². The first-order chi connectivity index (χ1) is 10.7. The molecule has 0 aliphatic heterocycles. The zero-order valence-corrected chi connectivity index (χ0v) is 15.3. The maximum atomic E-state index is 4.66. The van der Waals surface area contributed by atoms with Gasteiger partial charge in [-0.3, -0.25) is 0 Å². The smallest absolute Gasteiger partial charge is 0.191 e. The van der Waals surface area contributed by atoms with Crippen LogP contribution < -0.4 is 0 Å². The summed E-state index contributed by atoms with van der Waals surface area (Å²) in [6.45, 7) is 7.39. The Hall–Kier alpha value is -1.05. The van der Waals surface area contributed by atoms with Crippen LogP contribution in [0.4, 0.5) is 0 Å². The Kier molecular flexibility index (Phi) is 5.05. The number of nitrogens with zero attached hydrogens (tertiary/aromatic N) is 4. The molecular formula is C15H18N4S3. The van der Waals surface area contributed by atoms with E-state index in [1.807, 2.05) is 6.07 Å². The molecule has 2 aromatic heterocycles. The molecule has 3 rings (SSSR count). The number of rotatable bonds is 6. The number of hydrogen-bond acceptors (Lipinski definition) is 6. The molecule has 0 unspecified atom stereocenters. The van der Waals surface area contributed by atoms with E-state index in [1.165, 1.54) is 4.70 Å². The van der Waals surface area contributed by atoms with Crippen molar-refractivity contribution in [2.45, 2.75) is 47.8 Å². The quantitative estimate of drug-likeness (QED) is 0.603. The predicted molar refractivity (Wildman–Crippen MR) is 95.9 cm³/mol. The molecule has 0 fully saturated rings. The lowest BCUT2D eigenvalue weighted by Gasteiger charge is -2.07. The molecule has 0 spiro atoms. The summed E-state index contributed by atoms with van der Waals surface area (Å²) in [6, 6.07) is 8.25. The van der Waals surface area contributed by atoms with Gasteiger partial charge in [0.1, 0.15) is 5.82 Å². The summed E-state index contributed by atoms with van der Waals surface area (Å²) in [5.74, 6) is 1.83. The average molecular weight is 351 g/mol. The highest BCUT2D eigenvalue weighted by atomic mass is 32.2. The number of aromatic nitrogens is 4. The van der Waals surface area contributed by atoms with Gasteiger partial charge >= 0.3 is 0 Å². The summed E-state index contributed by atoms with van der Waals surface area (Å²) in [5, 5.41) is 10.2. The number of thioether (sulfide) groups is 2. The van der Waals surface area contributed by atoms with Crippen LogP contribution in [0.15, 0.2) is 33.8 Å². The highest BCUT2D eigenvalue weighted by Crippen LogP contribution is 2.31. The van der Waals surface area contributed by atoms with Crippen molar-refractivity contribution in [3.05, 3.63) is 30.1 Å². The molecule has 4 nitrogen and oxygen atoms in total. The van der Waals surface area contributed by atoms with Crippen LogP contribution in [0.2, 0.25) is 0 Å². The number of benzene rings is 1. The van der Waals surface area contributed by atoms with E-state index >= 15 is 0 Å². The van der Waals surface area contributed by atoms with Crippen LogP contribution >= 0.6 is 34.9 Å². The molecule has 0 saturated heterocycles. The maximum absolute atomic E-state index is 4.66. The van der Waals surface area contributed by atoms with Crippen molar-refractivity contribution in [3.63, 3.8) is 0 Å². The van der Waals surface area contributed by atoms with Crippen LogP contribution in [0.25, 0.3) is 10.2 Å². The third kappa shape index (κ3) is 3.47. The van der Waals surface area contributed by atoms with Crippen molar-refractivity contribution in [2.75, 3.05) is 0 Å². The van der Waals surface area contributed by atoms with Crippen molar-refractivity contribution in [1.29, 1.82) is 0 Å².